The molecule has 13 aromatic rings. The molecule has 0 N–H and O–H groups in total. The van der Waals surface area contributed by atoms with Crippen LogP contribution in [0.25, 0.3) is 127 Å². The van der Waals surface area contributed by atoms with Gasteiger partial charge in [0.05, 0.1) is 22.4 Å². The minimum atomic E-state index is 0.676. The zero-order valence-electron chi connectivity index (χ0n) is 36.5. The van der Waals surface area contributed by atoms with Crippen LogP contribution in [0.5, 0.6) is 0 Å². The summed E-state index contributed by atoms with van der Waals surface area (Å²) in [7, 11) is 0. The molecule has 0 spiro atoms. The number of para-hydroxylation sites is 2. The summed E-state index contributed by atoms with van der Waals surface area (Å²) in [5, 5.41) is 9.93. The third-order valence-corrected chi connectivity index (χ3v) is 13.4. The number of aromatic nitrogens is 3. The largest absolute Gasteiger partial charge is 0.309 e. The Hall–Kier alpha value is -8.92. The molecule has 0 aliphatic rings. The maximum absolute atomic E-state index is 5.39. The van der Waals surface area contributed by atoms with Gasteiger partial charge in [0, 0.05) is 33.2 Å². The van der Waals surface area contributed by atoms with Crippen molar-refractivity contribution < 1.29 is 0 Å². The minimum Gasteiger partial charge on any atom is -0.309 e. The van der Waals surface area contributed by atoms with Gasteiger partial charge in [0.1, 0.15) is 0 Å². The van der Waals surface area contributed by atoms with Crippen LogP contribution in [-0.2, 0) is 0 Å². The van der Waals surface area contributed by atoms with E-state index in [4.69, 9.17) is 9.97 Å². The summed E-state index contributed by atoms with van der Waals surface area (Å²) >= 11 is 0. The maximum Gasteiger partial charge on any atom is 0.160 e. The fraction of sp³-hybridized carbons (Fsp3) is 0. The van der Waals surface area contributed by atoms with Gasteiger partial charge >= 0.3 is 0 Å². The van der Waals surface area contributed by atoms with E-state index in [1.165, 1.54) is 59.7 Å². The fourth-order valence-electron chi connectivity index (χ4n) is 10.2. The number of hydrogen-bond acceptors (Lipinski definition) is 2. The van der Waals surface area contributed by atoms with Crippen LogP contribution in [0.1, 0.15) is 0 Å². The monoisotopic (exact) mass is 851 g/mol. The first kappa shape index (κ1) is 38.5. The van der Waals surface area contributed by atoms with Gasteiger partial charge in [-0.3, -0.25) is 0 Å². The molecule has 0 unspecified atom stereocenters. The molecular formula is C64H41N3. The Morgan fingerprint density at radius 3 is 1.69 bits per heavy atom. The van der Waals surface area contributed by atoms with Crippen LogP contribution in [0, 0.1) is 0 Å². The van der Waals surface area contributed by atoms with Gasteiger partial charge in [-0.25, -0.2) is 9.97 Å². The third-order valence-electron chi connectivity index (χ3n) is 13.4. The lowest BCUT2D eigenvalue weighted by Gasteiger charge is -2.15. The molecule has 0 fully saturated rings. The molecule has 0 saturated carbocycles. The molecule has 3 heteroatoms. The SMILES string of the molecule is c1ccc(-c2ccccc2-c2cc(-c3cccc(-c4ccc5c6ccccc6n(-c6ccccc6)c5c4)c3)nc(-c3ccc(-c4c5ccccc5cc5c4ccc4ccccc45)cc3)n2)cc1. The predicted molar refractivity (Wildman–Crippen MR) is 282 cm³/mol. The van der Waals surface area contributed by atoms with Gasteiger partial charge in [0.25, 0.3) is 0 Å². The van der Waals surface area contributed by atoms with Crippen LogP contribution in [0.15, 0.2) is 249 Å². The molecule has 0 amide bonds. The quantitative estimate of drug-likeness (QED) is 0.118. The van der Waals surface area contributed by atoms with E-state index in [0.29, 0.717) is 5.82 Å². The van der Waals surface area contributed by atoms with Gasteiger partial charge in [0.2, 0.25) is 0 Å². The molecule has 11 aromatic carbocycles. The highest BCUT2D eigenvalue weighted by Crippen LogP contribution is 2.41. The lowest BCUT2D eigenvalue weighted by atomic mass is 9.89. The van der Waals surface area contributed by atoms with Crippen molar-refractivity contribution in [2.75, 3.05) is 0 Å². The molecule has 0 atom stereocenters. The number of fused-ring (bicyclic) bond motifs is 7. The molecule has 0 radical (unpaired) electrons. The molecule has 0 bridgehead atoms. The normalized spacial score (nSPS) is 11.6. The van der Waals surface area contributed by atoms with Crippen LogP contribution in [0.2, 0.25) is 0 Å². The Labute approximate surface area is 388 Å². The molecule has 2 heterocycles. The Kier molecular flexibility index (Phi) is 9.17. The number of hydrogen-bond donors (Lipinski definition) is 0. The molecule has 0 aliphatic heterocycles. The zero-order valence-corrected chi connectivity index (χ0v) is 36.5. The van der Waals surface area contributed by atoms with Crippen LogP contribution in [0.3, 0.4) is 0 Å². The predicted octanol–water partition coefficient (Wildman–Crippen LogP) is 17.0. The van der Waals surface area contributed by atoms with Crippen molar-refractivity contribution in [2.45, 2.75) is 0 Å². The van der Waals surface area contributed by atoms with Crippen LogP contribution in [0.4, 0.5) is 0 Å². The summed E-state index contributed by atoms with van der Waals surface area (Å²) in [6.07, 6.45) is 0. The Morgan fingerprint density at radius 2 is 0.851 bits per heavy atom. The lowest BCUT2D eigenvalue weighted by Crippen LogP contribution is -1.97. The number of rotatable bonds is 7. The summed E-state index contributed by atoms with van der Waals surface area (Å²) in [6.45, 7) is 0. The first-order valence-electron chi connectivity index (χ1n) is 22.9. The highest BCUT2D eigenvalue weighted by Gasteiger charge is 2.18. The van der Waals surface area contributed by atoms with E-state index in [0.717, 1.165) is 61.6 Å². The van der Waals surface area contributed by atoms with E-state index >= 15 is 0 Å². The molecule has 67 heavy (non-hydrogen) atoms. The second-order valence-corrected chi connectivity index (χ2v) is 17.3. The summed E-state index contributed by atoms with van der Waals surface area (Å²) in [4.78, 5) is 10.8. The highest BCUT2D eigenvalue weighted by molar-refractivity contribution is 6.20. The second kappa shape index (κ2) is 16.0. The van der Waals surface area contributed by atoms with Crippen molar-refractivity contribution in [3.05, 3.63) is 249 Å². The van der Waals surface area contributed by atoms with Crippen LogP contribution < -0.4 is 0 Å². The Bertz CT molecular complexity index is 4020. The van der Waals surface area contributed by atoms with Crippen molar-refractivity contribution in [3.63, 3.8) is 0 Å². The number of nitrogens with zero attached hydrogens (tertiary/aromatic N) is 3. The van der Waals surface area contributed by atoms with Gasteiger partial charge in [-0.1, -0.05) is 206 Å². The van der Waals surface area contributed by atoms with E-state index in [9.17, 15) is 0 Å². The Balaban J connectivity index is 0.961. The van der Waals surface area contributed by atoms with Gasteiger partial charge in [-0.05, 0) is 108 Å². The standard InChI is InChI=1S/C64H41N3/c1-3-16-42(17-4-1)51-24-11-12-27-54(51)60-41-59(49-21-15-20-46(38-49)47-35-36-56-55-28-13-14-29-61(55)67(62(56)40-47)50-22-5-2-6-23-50)65-64(66-60)45-32-30-44(31-33-45)63-53-26-10-8-19-48(53)39-58-52-25-9-7-18-43(52)34-37-57(58)63/h1-41H. The molecule has 3 nitrogen and oxygen atoms in total. The number of benzene rings is 11. The summed E-state index contributed by atoms with van der Waals surface area (Å²) in [5.74, 6) is 0.676. The summed E-state index contributed by atoms with van der Waals surface area (Å²) in [5.41, 5.74) is 15.2. The van der Waals surface area contributed by atoms with Crippen molar-refractivity contribution in [1.29, 1.82) is 0 Å². The van der Waals surface area contributed by atoms with Crippen LogP contribution >= 0.6 is 0 Å². The molecule has 0 saturated heterocycles. The van der Waals surface area contributed by atoms with Gasteiger partial charge in [-0.2, -0.15) is 0 Å². The van der Waals surface area contributed by atoms with E-state index in [-0.39, 0.29) is 0 Å². The topological polar surface area (TPSA) is 30.7 Å². The van der Waals surface area contributed by atoms with Gasteiger partial charge < -0.3 is 4.57 Å². The molecular weight excluding hydrogens is 811 g/mol. The first-order valence-corrected chi connectivity index (χ1v) is 22.9. The van der Waals surface area contributed by atoms with E-state index in [1.54, 1.807) is 0 Å². The van der Waals surface area contributed by atoms with E-state index in [2.05, 4.69) is 253 Å². The fourth-order valence-corrected chi connectivity index (χ4v) is 10.2. The second-order valence-electron chi connectivity index (χ2n) is 17.3. The summed E-state index contributed by atoms with van der Waals surface area (Å²) < 4.78 is 2.38. The van der Waals surface area contributed by atoms with Crippen molar-refractivity contribution in [1.82, 2.24) is 14.5 Å². The average Bonchev–Trinajstić information content (AvgIpc) is 3.74. The highest BCUT2D eigenvalue weighted by atomic mass is 15.0. The van der Waals surface area contributed by atoms with Crippen molar-refractivity contribution in [3.8, 4) is 73.0 Å². The van der Waals surface area contributed by atoms with Gasteiger partial charge in [-0.15, -0.1) is 0 Å². The smallest absolute Gasteiger partial charge is 0.160 e. The van der Waals surface area contributed by atoms with E-state index in [1.807, 2.05) is 0 Å². The molecule has 0 aliphatic carbocycles. The average molecular weight is 852 g/mol. The third kappa shape index (κ3) is 6.67. The van der Waals surface area contributed by atoms with Crippen molar-refractivity contribution in [2.24, 2.45) is 0 Å². The summed E-state index contributed by atoms with van der Waals surface area (Å²) in [6, 6.07) is 89.4. The Morgan fingerprint density at radius 1 is 0.269 bits per heavy atom. The zero-order chi connectivity index (χ0) is 44.3. The molecule has 312 valence electrons. The van der Waals surface area contributed by atoms with Crippen molar-refractivity contribution >= 4 is 54.1 Å². The lowest BCUT2D eigenvalue weighted by molar-refractivity contribution is 1.18. The first-order chi connectivity index (χ1) is 33.2. The molecule has 13 rings (SSSR count). The molecule has 2 aromatic heterocycles. The minimum absolute atomic E-state index is 0.676. The maximum atomic E-state index is 5.39. The van der Waals surface area contributed by atoms with E-state index < -0.39 is 0 Å². The van der Waals surface area contributed by atoms with Crippen LogP contribution in [-0.4, -0.2) is 14.5 Å². The van der Waals surface area contributed by atoms with Gasteiger partial charge in [0.15, 0.2) is 5.82 Å².